The molecule has 0 aliphatic rings. The Morgan fingerprint density at radius 1 is 1.50 bits per heavy atom. The van der Waals surface area contributed by atoms with Gasteiger partial charge in [0.15, 0.2) is 0 Å². The lowest BCUT2D eigenvalue weighted by Gasteiger charge is -2.17. The van der Waals surface area contributed by atoms with Crippen molar-refractivity contribution in [2.45, 2.75) is 26.3 Å². The summed E-state index contributed by atoms with van der Waals surface area (Å²) in [6.07, 6.45) is 4.13. The summed E-state index contributed by atoms with van der Waals surface area (Å²) in [5.41, 5.74) is 5.48. The van der Waals surface area contributed by atoms with Gasteiger partial charge in [-0.1, -0.05) is 13.3 Å². The van der Waals surface area contributed by atoms with E-state index in [-0.39, 0.29) is 0 Å². The molecule has 0 unspecified atom stereocenters. The Hall–Kier alpha value is -1.16. The molecule has 1 heterocycles. The maximum Gasteiger partial charge on any atom is 0.144 e. The quantitative estimate of drug-likeness (QED) is 0.764. The summed E-state index contributed by atoms with van der Waals surface area (Å²) < 4.78 is 0. The van der Waals surface area contributed by atoms with Crippen molar-refractivity contribution in [3.8, 4) is 0 Å². The smallest absolute Gasteiger partial charge is 0.144 e. The molecule has 4 heteroatoms. The molecule has 0 saturated carbocycles. The number of rotatable bonds is 5. The maximum absolute atomic E-state index is 5.48. The van der Waals surface area contributed by atoms with Crippen LogP contribution in [-0.2, 0) is 6.54 Å². The zero-order valence-electron chi connectivity index (χ0n) is 8.90. The molecule has 0 aliphatic heterocycles. The van der Waals surface area contributed by atoms with Gasteiger partial charge in [0.25, 0.3) is 0 Å². The lowest BCUT2D eigenvalue weighted by Crippen LogP contribution is -2.20. The van der Waals surface area contributed by atoms with Crippen molar-refractivity contribution >= 4 is 5.82 Å². The van der Waals surface area contributed by atoms with Crippen molar-refractivity contribution in [3.05, 3.63) is 18.1 Å². The molecule has 0 fully saturated rings. The van der Waals surface area contributed by atoms with E-state index in [1.165, 1.54) is 12.8 Å². The molecule has 0 saturated heterocycles. The Balaban J connectivity index is 2.64. The Labute approximate surface area is 85.2 Å². The van der Waals surface area contributed by atoms with Crippen molar-refractivity contribution in [1.82, 2.24) is 9.97 Å². The lowest BCUT2D eigenvalue weighted by atomic mass is 10.3. The standard InChI is InChI=1S/C10H18N4/c1-3-4-7-14(2)10-5-6-12-9(8-11)13-10/h5-6H,3-4,7-8,11H2,1-2H3. The molecule has 78 valence electrons. The molecule has 4 nitrogen and oxygen atoms in total. The third-order valence-electron chi connectivity index (χ3n) is 2.11. The van der Waals surface area contributed by atoms with Crippen LogP contribution in [0, 0.1) is 0 Å². The number of aromatic nitrogens is 2. The van der Waals surface area contributed by atoms with E-state index in [0.29, 0.717) is 12.4 Å². The van der Waals surface area contributed by atoms with Crippen LogP contribution in [0.3, 0.4) is 0 Å². The van der Waals surface area contributed by atoms with Crippen LogP contribution in [-0.4, -0.2) is 23.6 Å². The molecule has 0 aromatic carbocycles. The van der Waals surface area contributed by atoms with E-state index in [4.69, 9.17) is 5.73 Å². The third kappa shape index (κ3) is 2.96. The van der Waals surface area contributed by atoms with Crippen molar-refractivity contribution in [2.24, 2.45) is 5.73 Å². The summed E-state index contributed by atoms with van der Waals surface area (Å²) in [6.45, 7) is 3.60. The van der Waals surface area contributed by atoms with Crippen molar-refractivity contribution in [2.75, 3.05) is 18.5 Å². The first-order chi connectivity index (χ1) is 6.77. The van der Waals surface area contributed by atoms with E-state index in [2.05, 4.69) is 21.8 Å². The van der Waals surface area contributed by atoms with Crippen LogP contribution in [0.15, 0.2) is 12.3 Å². The normalized spacial score (nSPS) is 10.2. The zero-order chi connectivity index (χ0) is 10.4. The summed E-state index contributed by atoms with van der Waals surface area (Å²) in [4.78, 5) is 10.5. The first-order valence-corrected chi connectivity index (χ1v) is 5.01. The largest absolute Gasteiger partial charge is 0.360 e. The van der Waals surface area contributed by atoms with Crippen LogP contribution in [0.4, 0.5) is 5.82 Å². The Morgan fingerprint density at radius 2 is 2.29 bits per heavy atom. The molecule has 1 aromatic heterocycles. The summed E-state index contributed by atoms with van der Waals surface area (Å²) in [6, 6.07) is 1.91. The Kier molecular flexibility index (Phi) is 4.32. The molecular formula is C10H18N4. The second-order valence-electron chi connectivity index (χ2n) is 3.31. The maximum atomic E-state index is 5.48. The molecule has 0 amide bonds. The number of hydrogen-bond donors (Lipinski definition) is 1. The average molecular weight is 194 g/mol. The molecule has 14 heavy (non-hydrogen) atoms. The Bertz CT molecular complexity index is 275. The first kappa shape index (κ1) is 10.9. The molecule has 2 N–H and O–H groups in total. The first-order valence-electron chi connectivity index (χ1n) is 5.01. The summed E-state index contributed by atoms with van der Waals surface area (Å²) in [7, 11) is 2.04. The van der Waals surface area contributed by atoms with E-state index in [0.717, 1.165) is 12.4 Å². The van der Waals surface area contributed by atoms with Gasteiger partial charge >= 0.3 is 0 Å². The topological polar surface area (TPSA) is 55.0 Å². The number of nitrogens with zero attached hydrogens (tertiary/aromatic N) is 3. The molecule has 0 radical (unpaired) electrons. The molecule has 0 aliphatic carbocycles. The molecule has 0 atom stereocenters. The SMILES string of the molecule is CCCCN(C)c1ccnc(CN)n1. The predicted molar refractivity (Wildman–Crippen MR) is 58.1 cm³/mol. The second-order valence-corrected chi connectivity index (χ2v) is 3.31. The van der Waals surface area contributed by atoms with Crippen molar-refractivity contribution in [3.63, 3.8) is 0 Å². The van der Waals surface area contributed by atoms with Crippen LogP contribution in [0.1, 0.15) is 25.6 Å². The number of unbranched alkanes of at least 4 members (excludes halogenated alkanes) is 1. The number of anilines is 1. The van der Waals surface area contributed by atoms with Crippen molar-refractivity contribution < 1.29 is 0 Å². The number of nitrogens with two attached hydrogens (primary N) is 1. The monoisotopic (exact) mass is 194 g/mol. The van der Waals surface area contributed by atoms with Gasteiger partial charge in [-0.25, -0.2) is 9.97 Å². The van der Waals surface area contributed by atoms with Crippen LogP contribution in [0.5, 0.6) is 0 Å². The highest BCUT2D eigenvalue weighted by atomic mass is 15.2. The van der Waals surface area contributed by atoms with Gasteiger partial charge in [-0.3, -0.25) is 0 Å². The van der Waals surface area contributed by atoms with E-state index >= 15 is 0 Å². The molecule has 1 aromatic rings. The summed E-state index contributed by atoms with van der Waals surface area (Å²) >= 11 is 0. The van der Waals surface area contributed by atoms with Gasteiger partial charge in [0.1, 0.15) is 11.6 Å². The third-order valence-corrected chi connectivity index (χ3v) is 2.11. The van der Waals surface area contributed by atoms with Crippen molar-refractivity contribution in [1.29, 1.82) is 0 Å². The zero-order valence-corrected chi connectivity index (χ0v) is 8.90. The molecular weight excluding hydrogens is 176 g/mol. The summed E-state index contributed by atoms with van der Waals surface area (Å²) in [5, 5.41) is 0. The molecule has 0 spiro atoms. The minimum absolute atomic E-state index is 0.398. The van der Waals surface area contributed by atoms with Crippen LogP contribution in [0.25, 0.3) is 0 Å². The van der Waals surface area contributed by atoms with Crippen LogP contribution >= 0.6 is 0 Å². The predicted octanol–water partition coefficient (Wildman–Crippen LogP) is 1.17. The van der Waals surface area contributed by atoms with E-state index in [9.17, 15) is 0 Å². The minimum atomic E-state index is 0.398. The number of hydrogen-bond acceptors (Lipinski definition) is 4. The average Bonchev–Trinajstić information content (AvgIpc) is 2.26. The van der Waals surface area contributed by atoms with Crippen LogP contribution < -0.4 is 10.6 Å². The molecule has 1 rings (SSSR count). The fraction of sp³-hybridized carbons (Fsp3) is 0.600. The van der Waals surface area contributed by atoms with Gasteiger partial charge in [-0.15, -0.1) is 0 Å². The van der Waals surface area contributed by atoms with Gasteiger partial charge in [-0.05, 0) is 12.5 Å². The van der Waals surface area contributed by atoms with Gasteiger partial charge in [0.05, 0.1) is 6.54 Å². The minimum Gasteiger partial charge on any atom is -0.360 e. The fourth-order valence-corrected chi connectivity index (χ4v) is 1.21. The summed E-state index contributed by atoms with van der Waals surface area (Å²) in [5.74, 6) is 1.65. The highest BCUT2D eigenvalue weighted by Crippen LogP contribution is 2.08. The van der Waals surface area contributed by atoms with E-state index in [1.807, 2.05) is 13.1 Å². The van der Waals surface area contributed by atoms with Gasteiger partial charge in [-0.2, -0.15) is 0 Å². The second kappa shape index (κ2) is 5.54. The lowest BCUT2D eigenvalue weighted by molar-refractivity contribution is 0.753. The van der Waals surface area contributed by atoms with E-state index < -0.39 is 0 Å². The van der Waals surface area contributed by atoms with Crippen LogP contribution in [0.2, 0.25) is 0 Å². The van der Waals surface area contributed by atoms with Gasteiger partial charge in [0.2, 0.25) is 0 Å². The highest BCUT2D eigenvalue weighted by molar-refractivity contribution is 5.35. The Morgan fingerprint density at radius 3 is 2.93 bits per heavy atom. The van der Waals surface area contributed by atoms with Gasteiger partial charge < -0.3 is 10.6 Å². The van der Waals surface area contributed by atoms with Gasteiger partial charge in [0, 0.05) is 19.8 Å². The highest BCUT2D eigenvalue weighted by Gasteiger charge is 2.02. The van der Waals surface area contributed by atoms with E-state index in [1.54, 1.807) is 6.20 Å². The fourth-order valence-electron chi connectivity index (χ4n) is 1.21. The molecule has 0 bridgehead atoms.